The monoisotopic (exact) mass is 333 g/mol. The summed E-state index contributed by atoms with van der Waals surface area (Å²) in [5.74, 6) is 0. The van der Waals surface area contributed by atoms with Crippen molar-refractivity contribution in [3.8, 4) is 0 Å². The predicted molar refractivity (Wildman–Crippen MR) is 91.1 cm³/mol. The van der Waals surface area contributed by atoms with E-state index in [-0.39, 0.29) is 6.04 Å². The van der Waals surface area contributed by atoms with Crippen molar-refractivity contribution in [3.63, 3.8) is 0 Å². The van der Waals surface area contributed by atoms with Crippen LogP contribution in [0.5, 0.6) is 0 Å². The van der Waals surface area contributed by atoms with E-state index in [0.717, 1.165) is 57.6 Å². The second kappa shape index (κ2) is 6.33. The zero-order chi connectivity index (χ0) is 16.7. The number of likely N-dealkylation sites (tertiary alicyclic amines) is 1. The molecule has 0 saturated carbocycles. The Labute approximate surface area is 140 Å². The van der Waals surface area contributed by atoms with Gasteiger partial charge in [-0.05, 0) is 50.3 Å². The summed E-state index contributed by atoms with van der Waals surface area (Å²) < 4.78 is 21.3. The first-order valence-corrected chi connectivity index (χ1v) is 8.86. The summed E-state index contributed by atoms with van der Waals surface area (Å²) in [7, 11) is 0. The second-order valence-corrected chi connectivity index (χ2v) is 7.04. The van der Waals surface area contributed by atoms with Crippen molar-refractivity contribution in [2.45, 2.75) is 44.7 Å². The van der Waals surface area contributed by atoms with Gasteiger partial charge in [-0.1, -0.05) is 10.5 Å². The van der Waals surface area contributed by atoms with Gasteiger partial charge >= 0.3 is 5.69 Å². The predicted octanol–water partition coefficient (Wildman–Crippen LogP) is 2.66. The molecule has 0 aliphatic carbocycles. The van der Waals surface area contributed by atoms with Gasteiger partial charge in [-0.3, -0.25) is 4.57 Å². The molecule has 0 N–H and O–H groups in total. The minimum atomic E-state index is -0.542. The molecule has 4 rings (SSSR count). The highest BCUT2D eigenvalue weighted by atomic mass is 19.2. The van der Waals surface area contributed by atoms with Crippen molar-refractivity contribution in [1.29, 1.82) is 0 Å². The van der Waals surface area contributed by atoms with Crippen molar-refractivity contribution in [3.05, 3.63) is 34.2 Å². The maximum Gasteiger partial charge on any atom is 0.357 e. The minimum Gasteiger partial charge on any atom is -0.381 e. The molecule has 0 bridgehead atoms. The molecular formula is C18H24FN3O2. The van der Waals surface area contributed by atoms with E-state index in [9.17, 15) is 9.28 Å². The topological polar surface area (TPSA) is 39.4 Å². The highest BCUT2D eigenvalue weighted by Gasteiger charge is 2.29. The van der Waals surface area contributed by atoms with Gasteiger partial charge in [0.1, 0.15) is 5.52 Å². The molecule has 2 saturated heterocycles. The van der Waals surface area contributed by atoms with Crippen LogP contribution in [0.1, 0.15) is 37.3 Å². The van der Waals surface area contributed by atoms with Gasteiger partial charge in [-0.25, -0.2) is 4.79 Å². The number of hydrogen-bond acceptors (Lipinski definition) is 3. The van der Waals surface area contributed by atoms with Crippen LogP contribution >= 0.6 is 0 Å². The lowest BCUT2D eigenvalue weighted by atomic mass is 9.99. The standard InChI is InChI=1S/C18H24FN3O2/c1-13-2-3-16-17(12-13)21(18(23)22(16)19)15-4-8-20(9-5-15)14-6-10-24-11-7-14/h2-3,12,14-15H,4-11H2,1H3. The molecular weight excluding hydrogens is 309 g/mol. The third-order valence-corrected chi connectivity index (χ3v) is 5.55. The molecule has 1 aromatic carbocycles. The largest absolute Gasteiger partial charge is 0.381 e. The fraction of sp³-hybridized carbons (Fsp3) is 0.611. The van der Waals surface area contributed by atoms with Gasteiger partial charge in [0.05, 0.1) is 5.52 Å². The number of hydrogen-bond donors (Lipinski definition) is 0. The van der Waals surface area contributed by atoms with Crippen LogP contribution in [0.4, 0.5) is 4.48 Å². The summed E-state index contributed by atoms with van der Waals surface area (Å²) in [5, 5.41) is 0. The van der Waals surface area contributed by atoms with Crippen LogP contribution in [0.2, 0.25) is 0 Å². The molecule has 0 radical (unpaired) electrons. The number of imidazole rings is 1. The molecule has 6 heteroatoms. The summed E-state index contributed by atoms with van der Waals surface area (Å²) in [4.78, 5) is 15.2. The molecule has 3 heterocycles. The number of halogens is 1. The SMILES string of the molecule is Cc1ccc2c(c1)n(C1CCN(C3CCOCC3)CC1)c(=O)n2F. The average Bonchev–Trinajstić information content (AvgIpc) is 2.86. The van der Waals surface area contributed by atoms with Crippen LogP contribution < -0.4 is 5.69 Å². The number of rotatable bonds is 2. The Bertz CT molecular complexity index is 783. The Morgan fingerprint density at radius 1 is 1.04 bits per heavy atom. The Morgan fingerprint density at radius 2 is 1.75 bits per heavy atom. The van der Waals surface area contributed by atoms with Crippen LogP contribution in [0, 0.1) is 6.92 Å². The lowest BCUT2D eigenvalue weighted by molar-refractivity contribution is 0.0219. The third-order valence-electron chi connectivity index (χ3n) is 5.55. The lowest BCUT2D eigenvalue weighted by Gasteiger charge is -2.39. The number of aromatic nitrogens is 2. The van der Waals surface area contributed by atoms with Gasteiger partial charge in [-0.15, -0.1) is 4.79 Å². The van der Waals surface area contributed by atoms with E-state index in [4.69, 9.17) is 4.74 Å². The molecule has 5 nitrogen and oxygen atoms in total. The molecule has 0 unspecified atom stereocenters. The van der Waals surface area contributed by atoms with Crippen LogP contribution in [-0.2, 0) is 4.74 Å². The van der Waals surface area contributed by atoms with Crippen molar-refractivity contribution < 1.29 is 9.22 Å². The molecule has 0 atom stereocenters. The molecule has 130 valence electrons. The maximum absolute atomic E-state index is 14.2. The van der Waals surface area contributed by atoms with E-state index in [0.29, 0.717) is 21.9 Å². The molecule has 0 spiro atoms. The fourth-order valence-corrected chi connectivity index (χ4v) is 4.21. The highest BCUT2D eigenvalue weighted by Crippen LogP contribution is 2.28. The van der Waals surface area contributed by atoms with Gasteiger partial charge in [0.15, 0.2) is 0 Å². The van der Waals surface area contributed by atoms with Crippen LogP contribution in [0.15, 0.2) is 23.0 Å². The van der Waals surface area contributed by atoms with E-state index in [1.54, 1.807) is 10.6 Å². The van der Waals surface area contributed by atoms with Gasteiger partial charge in [-0.2, -0.15) is 0 Å². The van der Waals surface area contributed by atoms with E-state index in [1.165, 1.54) is 0 Å². The number of nitrogens with zero attached hydrogens (tertiary/aromatic N) is 3. The van der Waals surface area contributed by atoms with Crippen LogP contribution in [0.3, 0.4) is 0 Å². The normalized spacial score (nSPS) is 21.6. The molecule has 1 aromatic heterocycles. The van der Waals surface area contributed by atoms with Gasteiger partial charge in [0.2, 0.25) is 0 Å². The quantitative estimate of drug-likeness (QED) is 0.848. The highest BCUT2D eigenvalue weighted by molar-refractivity contribution is 5.76. The van der Waals surface area contributed by atoms with E-state index in [1.807, 2.05) is 19.1 Å². The number of piperidine rings is 1. The van der Waals surface area contributed by atoms with Crippen molar-refractivity contribution in [1.82, 2.24) is 14.3 Å². The van der Waals surface area contributed by atoms with Crippen molar-refractivity contribution in [2.75, 3.05) is 26.3 Å². The van der Waals surface area contributed by atoms with E-state index < -0.39 is 5.69 Å². The lowest BCUT2D eigenvalue weighted by Crippen LogP contribution is -2.45. The summed E-state index contributed by atoms with van der Waals surface area (Å²) in [6, 6.07) is 6.13. The zero-order valence-corrected chi connectivity index (χ0v) is 14.1. The summed E-state index contributed by atoms with van der Waals surface area (Å²) >= 11 is 0. The molecule has 2 aromatic rings. The molecule has 2 fully saturated rings. The smallest absolute Gasteiger partial charge is 0.357 e. The minimum absolute atomic E-state index is 0.0786. The Kier molecular flexibility index (Phi) is 4.18. The van der Waals surface area contributed by atoms with Crippen LogP contribution in [0.25, 0.3) is 11.0 Å². The molecule has 24 heavy (non-hydrogen) atoms. The van der Waals surface area contributed by atoms with Gasteiger partial charge in [0.25, 0.3) is 0 Å². The Balaban J connectivity index is 1.57. The number of benzene rings is 1. The molecule has 0 amide bonds. The fourth-order valence-electron chi connectivity index (χ4n) is 4.21. The maximum atomic E-state index is 14.2. The van der Waals surface area contributed by atoms with Crippen LogP contribution in [-0.4, -0.2) is 46.6 Å². The number of fused-ring (bicyclic) bond motifs is 1. The number of aryl methyl sites for hydroxylation is 1. The first-order chi connectivity index (χ1) is 11.6. The van der Waals surface area contributed by atoms with E-state index in [2.05, 4.69) is 4.90 Å². The molecule has 2 aliphatic rings. The zero-order valence-electron chi connectivity index (χ0n) is 14.1. The number of ether oxygens (including phenoxy) is 1. The van der Waals surface area contributed by atoms with Crippen molar-refractivity contribution >= 4 is 11.0 Å². The van der Waals surface area contributed by atoms with Gasteiger partial charge < -0.3 is 9.64 Å². The van der Waals surface area contributed by atoms with Crippen molar-refractivity contribution in [2.24, 2.45) is 0 Å². The Morgan fingerprint density at radius 3 is 2.46 bits per heavy atom. The second-order valence-electron chi connectivity index (χ2n) is 7.04. The summed E-state index contributed by atoms with van der Waals surface area (Å²) in [6.07, 6.45) is 3.97. The summed E-state index contributed by atoms with van der Waals surface area (Å²) in [5.41, 5.74) is 1.59. The van der Waals surface area contributed by atoms with Gasteiger partial charge in [0, 0.05) is 38.4 Å². The summed E-state index contributed by atoms with van der Waals surface area (Å²) in [6.45, 7) is 5.59. The molecule has 2 aliphatic heterocycles. The Hall–Kier alpha value is -1.66. The third kappa shape index (κ3) is 2.67. The van der Waals surface area contributed by atoms with E-state index >= 15 is 0 Å². The first-order valence-electron chi connectivity index (χ1n) is 8.86. The average molecular weight is 333 g/mol. The first kappa shape index (κ1) is 15.8.